The maximum absolute atomic E-state index is 13.9. The lowest BCUT2D eigenvalue weighted by molar-refractivity contribution is -0.139. The van der Waals surface area contributed by atoms with E-state index >= 15 is 0 Å². The standard InChI is InChI=1S/C34H50N6O8/c1-22(2)7-12-26(31(44)34(4)21-48-34)37-32(45)27(38-33(46)28-6-5-13-40(28)30(43)19-35-23(3)41)18-24-8-10-25(11-9-24)36-29(42)20-39-14-16-47-17-15-39/h8-11,22,26-28H,5-7,12-21H2,1-4H3,(H,35,41)(H,36,42)(H,37,45)(H,38,46)/t26-,27-,28-,34+/m0/s1. The molecule has 48 heavy (non-hydrogen) atoms. The number of carbonyl (C=O) groups excluding carboxylic acids is 6. The van der Waals surface area contributed by atoms with Gasteiger partial charge < -0.3 is 35.6 Å². The van der Waals surface area contributed by atoms with Gasteiger partial charge in [-0.3, -0.25) is 33.7 Å². The molecule has 3 fully saturated rings. The Hall–Kier alpha value is -3.88. The number of hydrogen-bond donors (Lipinski definition) is 4. The molecule has 4 rings (SSSR count). The van der Waals surface area contributed by atoms with Gasteiger partial charge in [0.1, 0.15) is 17.7 Å². The number of morpholine rings is 1. The third kappa shape index (κ3) is 10.8. The summed E-state index contributed by atoms with van der Waals surface area (Å²) in [6.45, 7) is 10.4. The van der Waals surface area contributed by atoms with Crippen LogP contribution in [0.15, 0.2) is 24.3 Å². The van der Waals surface area contributed by atoms with E-state index in [1.165, 1.54) is 11.8 Å². The fraction of sp³-hybridized carbons (Fsp3) is 0.647. The fourth-order valence-corrected chi connectivity index (χ4v) is 5.90. The second-order valence-electron chi connectivity index (χ2n) is 13.5. The summed E-state index contributed by atoms with van der Waals surface area (Å²) in [6, 6.07) is 4.37. The number of rotatable bonds is 16. The van der Waals surface area contributed by atoms with Crippen molar-refractivity contribution in [1.29, 1.82) is 0 Å². The third-order valence-corrected chi connectivity index (χ3v) is 8.91. The lowest BCUT2D eigenvalue weighted by Gasteiger charge is -2.28. The number of ether oxygens (including phenoxy) is 2. The number of Topliss-reactive ketones (excluding diaryl/α,β-unsaturated/α-hetero) is 1. The van der Waals surface area contributed by atoms with E-state index in [4.69, 9.17) is 9.47 Å². The number of likely N-dealkylation sites (tertiary alicyclic amines) is 1. The summed E-state index contributed by atoms with van der Waals surface area (Å²) in [6.07, 6.45) is 2.25. The number of ketones is 1. The van der Waals surface area contributed by atoms with Crippen LogP contribution in [-0.4, -0.2) is 121 Å². The number of benzene rings is 1. The molecule has 3 saturated heterocycles. The first kappa shape index (κ1) is 36.9. The van der Waals surface area contributed by atoms with Gasteiger partial charge in [0.05, 0.1) is 39.0 Å². The van der Waals surface area contributed by atoms with Crippen molar-refractivity contribution in [3.8, 4) is 0 Å². The SMILES string of the molecule is CC(=O)NCC(=O)N1CCC[C@H]1C(=O)N[C@@H](Cc1ccc(NC(=O)CN2CCOCC2)cc1)C(=O)N[C@@H](CCC(C)C)C(=O)[C@@]1(C)CO1. The Labute approximate surface area is 282 Å². The average molecular weight is 671 g/mol. The normalized spacial score (nSPS) is 22.0. The van der Waals surface area contributed by atoms with Gasteiger partial charge in [-0.25, -0.2) is 0 Å². The first-order chi connectivity index (χ1) is 22.8. The van der Waals surface area contributed by atoms with Crippen LogP contribution in [0.4, 0.5) is 5.69 Å². The molecule has 1 aromatic carbocycles. The van der Waals surface area contributed by atoms with Crippen molar-refractivity contribution in [3.05, 3.63) is 29.8 Å². The van der Waals surface area contributed by atoms with Gasteiger partial charge in [0.15, 0.2) is 5.78 Å². The van der Waals surface area contributed by atoms with Crippen molar-refractivity contribution in [2.45, 2.75) is 83.5 Å². The second-order valence-corrected chi connectivity index (χ2v) is 13.5. The molecule has 0 bridgehead atoms. The van der Waals surface area contributed by atoms with Gasteiger partial charge in [0.25, 0.3) is 0 Å². The van der Waals surface area contributed by atoms with Crippen molar-refractivity contribution in [3.63, 3.8) is 0 Å². The molecule has 4 N–H and O–H groups in total. The van der Waals surface area contributed by atoms with Crippen LogP contribution in [0.3, 0.4) is 0 Å². The summed E-state index contributed by atoms with van der Waals surface area (Å²) >= 11 is 0. The number of amides is 5. The summed E-state index contributed by atoms with van der Waals surface area (Å²) in [5.74, 6) is -1.79. The molecule has 1 aromatic rings. The molecular formula is C34H50N6O8. The van der Waals surface area contributed by atoms with Gasteiger partial charge in [0, 0.05) is 38.7 Å². The zero-order valence-corrected chi connectivity index (χ0v) is 28.5. The Morgan fingerprint density at radius 2 is 1.65 bits per heavy atom. The van der Waals surface area contributed by atoms with E-state index in [0.29, 0.717) is 82.3 Å². The smallest absolute Gasteiger partial charge is 0.243 e. The molecule has 0 spiro atoms. The van der Waals surface area contributed by atoms with Crippen molar-refractivity contribution in [2.75, 3.05) is 57.9 Å². The molecule has 0 unspecified atom stereocenters. The van der Waals surface area contributed by atoms with Gasteiger partial charge in [-0.05, 0) is 56.2 Å². The molecule has 0 radical (unpaired) electrons. The molecule has 3 heterocycles. The molecule has 264 valence electrons. The molecule has 3 aliphatic heterocycles. The van der Waals surface area contributed by atoms with Gasteiger partial charge in [-0.2, -0.15) is 0 Å². The highest BCUT2D eigenvalue weighted by molar-refractivity contribution is 5.98. The van der Waals surface area contributed by atoms with Gasteiger partial charge in [-0.1, -0.05) is 26.0 Å². The lowest BCUT2D eigenvalue weighted by Crippen LogP contribution is -2.57. The molecule has 4 atom stereocenters. The number of carbonyl (C=O) groups is 6. The lowest BCUT2D eigenvalue weighted by atomic mass is 9.93. The summed E-state index contributed by atoms with van der Waals surface area (Å²) in [7, 11) is 0. The van der Waals surface area contributed by atoms with Crippen LogP contribution in [0, 0.1) is 5.92 Å². The Balaban J connectivity index is 1.47. The summed E-state index contributed by atoms with van der Waals surface area (Å²) in [5, 5.41) is 11.1. The minimum Gasteiger partial charge on any atom is -0.379 e. The quantitative estimate of drug-likeness (QED) is 0.181. The van der Waals surface area contributed by atoms with Crippen molar-refractivity contribution in [2.24, 2.45) is 5.92 Å². The predicted molar refractivity (Wildman–Crippen MR) is 177 cm³/mol. The van der Waals surface area contributed by atoms with Crippen LogP contribution in [-0.2, 0) is 44.7 Å². The summed E-state index contributed by atoms with van der Waals surface area (Å²) in [4.78, 5) is 81.0. The first-order valence-electron chi connectivity index (χ1n) is 16.9. The molecule has 3 aliphatic rings. The van der Waals surface area contributed by atoms with Crippen molar-refractivity contribution in [1.82, 2.24) is 25.8 Å². The van der Waals surface area contributed by atoms with E-state index in [2.05, 4.69) is 21.3 Å². The highest BCUT2D eigenvalue weighted by Crippen LogP contribution is 2.29. The van der Waals surface area contributed by atoms with E-state index in [-0.39, 0.29) is 43.0 Å². The van der Waals surface area contributed by atoms with E-state index < -0.39 is 35.5 Å². The first-order valence-corrected chi connectivity index (χ1v) is 16.9. The fourth-order valence-electron chi connectivity index (χ4n) is 5.90. The summed E-state index contributed by atoms with van der Waals surface area (Å²) < 4.78 is 10.7. The van der Waals surface area contributed by atoms with Crippen LogP contribution in [0.25, 0.3) is 0 Å². The maximum atomic E-state index is 13.9. The Morgan fingerprint density at radius 3 is 2.27 bits per heavy atom. The average Bonchev–Trinajstić information content (AvgIpc) is 3.60. The van der Waals surface area contributed by atoms with Crippen LogP contribution in [0.1, 0.15) is 58.9 Å². The number of anilines is 1. The molecule has 14 heteroatoms. The highest BCUT2D eigenvalue weighted by atomic mass is 16.6. The largest absolute Gasteiger partial charge is 0.379 e. The zero-order valence-electron chi connectivity index (χ0n) is 28.5. The molecule has 0 aromatic heterocycles. The van der Waals surface area contributed by atoms with Crippen LogP contribution in [0.2, 0.25) is 0 Å². The molecule has 5 amide bonds. The number of hydrogen-bond acceptors (Lipinski definition) is 9. The van der Waals surface area contributed by atoms with Crippen LogP contribution in [0.5, 0.6) is 0 Å². The molecule has 14 nitrogen and oxygen atoms in total. The Kier molecular flexibility index (Phi) is 13.1. The maximum Gasteiger partial charge on any atom is 0.243 e. The molecule has 0 saturated carbocycles. The van der Waals surface area contributed by atoms with Gasteiger partial charge >= 0.3 is 0 Å². The Morgan fingerprint density at radius 1 is 0.958 bits per heavy atom. The van der Waals surface area contributed by atoms with E-state index in [0.717, 1.165) is 0 Å². The zero-order chi connectivity index (χ0) is 34.8. The van der Waals surface area contributed by atoms with E-state index in [1.54, 1.807) is 31.2 Å². The van der Waals surface area contributed by atoms with Crippen LogP contribution >= 0.6 is 0 Å². The van der Waals surface area contributed by atoms with E-state index in [9.17, 15) is 28.8 Å². The van der Waals surface area contributed by atoms with Crippen molar-refractivity contribution < 1.29 is 38.2 Å². The minimum absolute atomic E-state index is 0.102. The minimum atomic E-state index is -1.06. The number of epoxide rings is 1. The molecular weight excluding hydrogens is 620 g/mol. The molecule has 0 aliphatic carbocycles. The van der Waals surface area contributed by atoms with E-state index in [1.807, 2.05) is 18.7 Å². The van der Waals surface area contributed by atoms with Crippen LogP contribution < -0.4 is 21.3 Å². The number of nitrogens with zero attached hydrogens (tertiary/aromatic N) is 2. The van der Waals surface area contributed by atoms with Crippen molar-refractivity contribution >= 4 is 41.0 Å². The number of nitrogens with one attached hydrogen (secondary N) is 4. The summed E-state index contributed by atoms with van der Waals surface area (Å²) in [5.41, 5.74) is 0.376. The third-order valence-electron chi connectivity index (χ3n) is 8.91. The highest BCUT2D eigenvalue weighted by Gasteiger charge is 2.50. The van der Waals surface area contributed by atoms with Gasteiger partial charge in [-0.15, -0.1) is 0 Å². The monoisotopic (exact) mass is 670 g/mol. The predicted octanol–water partition coefficient (Wildman–Crippen LogP) is 0.391. The topological polar surface area (TPSA) is 179 Å². The van der Waals surface area contributed by atoms with Gasteiger partial charge in [0.2, 0.25) is 29.5 Å². The second kappa shape index (κ2) is 17.0. The Bertz CT molecular complexity index is 1330.